The molecule has 0 aliphatic carbocycles. The molecule has 3 aromatic rings. The van der Waals surface area contributed by atoms with Gasteiger partial charge in [0.2, 0.25) is 5.91 Å². The van der Waals surface area contributed by atoms with E-state index in [-0.39, 0.29) is 18.5 Å². The first-order valence-electron chi connectivity index (χ1n) is 7.90. The summed E-state index contributed by atoms with van der Waals surface area (Å²) in [6.45, 7) is 2.30. The lowest BCUT2D eigenvalue weighted by Gasteiger charge is -2.09. The minimum absolute atomic E-state index is 0.110. The number of fused-ring (bicyclic) bond motifs is 1. The molecule has 7 heteroatoms. The number of carbonyl (C=O) groups excluding carboxylic acids is 2. The van der Waals surface area contributed by atoms with Crippen molar-refractivity contribution in [3.8, 4) is 0 Å². The highest BCUT2D eigenvalue weighted by atomic mass is 16.2. The number of aryl methyl sites for hydroxylation is 1. The molecular formula is C18H19N5O2. The van der Waals surface area contributed by atoms with Crippen molar-refractivity contribution in [1.29, 1.82) is 0 Å². The zero-order valence-corrected chi connectivity index (χ0v) is 13.8. The molecule has 0 spiro atoms. The maximum atomic E-state index is 11.9. The average molecular weight is 337 g/mol. The highest BCUT2D eigenvalue weighted by molar-refractivity contribution is 5.96. The number of amides is 3. The first-order valence-corrected chi connectivity index (χ1v) is 7.90. The van der Waals surface area contributed by atoms with Crippen molar-refractivity contribution in [2.24, 2.45) is 0 Å². The summed E-state index contributed by atoms with van der Waals surface area (Å²) < 4.78 is 0. The van der Waals surface area contributed by atoms with E-state index >= 15 is 0 Å². The van der Waals surface area contributed by atoms with Gasteiger partial charge in [0, 0.05) is 17.6 Å². The molecule has 128 valence electrons. The van der Waals surface area contributed by atoms with E-state index in [1.165, 1.54) is 0 Å². The number of carbonyl (C=O) groups is 2. The molecule has 1 heterocycles. The Bertz CT molecular complexity index is 886. The van der Waals surface area contributed by atoms with Crippen LogP contribution in [0.3, 0.4) is 0 Å². The van der Waals surface area contributed by atoms with Crippen molar-refractivity contribution in [1.82, 2.24) is 20.8 Å². The highest BCUT2D eigenvalue weighted by Gasteiger charge is 2.06. The number of nitrogens with one attached hydrogen (secondary N) is 4. The minimum Gasteiger partial charge on any atom is -0.334 e. The summed E-state index contributed by atoms with van der Waals surface area (Å²) >= 11 is 0. The zero-order chi connectivity index (χ0) is 17.6. The van der Waals surface area contributed by atoms with E-state index in [0.29, 0.717) is 12.2 Å². The van der Waals surface area contributed by atoms with Gasteiger partial charge in [0.05, 0.1) is 18.3 Å². The van der Waals surface area contributed by atoms with E-state index in [0.717, 1.165) is 22.0 Å². The number of hydrogen-bond donors (Lipinski definition) is 4. The van der Waals surface area contributed by atoms with E-state index in [1.54, 1.807) is 18.3 Å². The molecule has 25 heavy (non-hydrogen) atoms. The second kappa shape index (κ2) is 7.48. The van der Waals surface area contributed by atoms with Crippen LogP contribution in [0.5, 0.6) is 0 Å². The van der Waals surface area contributed by atoms with Crippen LogP contribution in [0.4, 0.5) is 10.5 Å². The van der Waals surface area contributed by atoms with Crippen LogP contribution in [-0.4, -0.2) is 28.7 Å². The Hall–Kier alpha value is -3.35. The molecular weight excluding hydrogens is 318 g/mol. The summed E-state index contributed by atoms with van der Waals surface area (Å²) in [6, 6.07) is 12.9. The van der Waals surface area contributed by atoms with Crippen molar-refractivity contribution in [3.05, 3.63) is 59.8 Å². The van der Waals surface area contributed by atoms with Gasteiger partial charge < -0.3 is 16.0 Å². The Balaban J connectivity index is 1.43. The van der Waals surface area contributed by atoms with Gasteiger partial charge in [0.15, 0.2) is 0 Å². The van der Waals surface area contributed by atoms with Gasteiger partial charge >= 0.3 is 6.03 Å². The Morgan fingerprint density at radius 2 is 1.88 bits per heavy atom. The van der Waals surface area contributed by atoms with E-state index in [9.17, 15) is 9.59 Å². The van der Waals surface area contributed by atoms with Gasteiger partial charge in [0.1, 0.15) is 0 Å². The fourth-order valence-electron chi connectivity index (χ4n) is 2.33. The van der Waals surface area contributed by atoms with Crippen molar-refractivity contribution >= 4 is 28.5 Å². The molecule has 0 radical (unpaired) electrons. The third-order valence-electron chi connectivity index (χ3n) is 3.71. The van der Waals surface area contributed by atoms with Gasteiger partial charge in [-0.3, -0.25) is 9.89 Å². The van der Waals surface area contributed by atoms with Crippen LogP contribution in [0.25, 0.3) is 10.9 Å². The summed E-state index contributed by atoms with van der Waals surface area (Å²) in [5.74, 6) is -0.302. The van der Waals surface area contributed by atoms with E-state index in [1.807, 2.05) is 37.3 Å². The van der Waals surface area contributed by atoms with Crippen LogP contribution in [0.15, 0.2) is 48.7 Å². The van der Waals surface area contributed by atoms with Crippen LogP contribution >= 0.6 is 0 Å². The average Bonchev–Trinajstić information content (AvgIpc) is 3.07. The van der Waals surface area contributed by atoms with Crippen LogP contribution in [0.2, 0.25) is 0 Å². The summed E-state index contributed by atoms with van der Waals surface area (Å²) in [6.07, 6.45) is 1.71. The Morgan fingerprint density at radius 1 is 1.08 bits per heavy atom. The number of benzene rings is 2. The smallest absolute Gasteiger partial charge is 0.315 e. The largest absolute Gasteiger partial charge is 0.334 e. The number of H-pyrrole nitrogens is 1. The first-order chi connectivity index (χ1) is 12.1. The Kier molecular flexibility index (Phi) is 4.94. The lowest BCUT2D eigenvalue weighted by atomic mass is 10.1. The second-order valence-corrected chi connectivity index (χ2v) is 5.74. The molecule has 0 atom stereocenters. The van der Waals surface area contributed by atoms with Gasteiger partial charge in [-0.1, -0.05) is 29.8 Å². The zero-order valence-electron chi connectivity index (χ0n) is 13.8. The molecule has 0 unspecified atom stereocenters. The number of anilines is 1. The number of aromatic nitrogens is 2. The Labute approximate surface area is 144 Å². The fourth-order valence-corrected chi connectivity index (χ4v) is 2.33. The minimum atomic E-state index is -0.389. The first kappa shape index (κ1) is 16.5. The monoisotopic (exact) mass is 337 g/mol. The number of aromatic amines is 1. The van der Waals surface area contributed by atoms with Crippen LogP contribution in [0, 0.1) is 6.92 Å². The lowest BCUT2D eigenvalue weighted by molar-refractivity contribution is -0.115. The number of nitrogens with zero attached hydrogens (tertiary/aromatic N) is 1. The topological polar surface area (TPSA) is 98.9 Å². The van der Waals surface area contributed by atoms with E-state index in [4.69, 9.17) is 0 Å². The molecule has 3 rings (SSSR count). The van der Waals surface area contributed by atoms with Crippen molar-refractivity contribution < 1.29 is 9.59 Å². The molecule has 0 bridgehead atoms. The molecule has 3 amide bonds. The van der Waals surface area contributed by atoms with Crippen molar-refractivity contribution in [3.63, 3.8) is 0 Å². The third kappa shape index (κ3) is 4.57. The molecule has 0 aliphatic rings. The fraction of sp³-hybridized carbons (Fsp3) is 0.167. The van der Waals surface area contributed by atoms with Gasteiger partial charge in [-0.2, -0.15) is 5.10 Å². The molecule has 0 saturated heterocycles. The molecule has 7 nitrogen and oxygen atoms in total. The molecule has 0 fully saturated rings. The predicted molar refractivity (Wildman–Crippen MR) is 96.1 cm³/mol. The van der Waals surface area contributed by atoms with E-state index in [2.05, 4.69) is 26.1 Å². The van der Waals surface area contributed by atoms with Crippen LogP contribution in [-0.2, 0) is 11.3 Å². The molecule has 0 aliphatic heterocycles. The summed E-state index contributed by atoms with van der Waals surface area (Å²) in [5, 5.41) is 15.7. The summed E-state index contributed by atoms with van der Waals surface area (Å²) in [4.78, 5) is 23.7. The summed E-state index contributed by atoms with van der Waals surface area (Å²) in [7, 11) is 0. The van der Waals surface area contributed by atoms with Crippen molar-refractivity contribution in [2.75, 3.05) is 11.9 Å². The molecule has 4 N–H and O–H groups in total. The number of urea groups is 1. The standard InChI is InChI=1S/C18H19N5O2/c1-12-2-4-13(5-3-12)9-19-18(25)20-11-17(24)22-15-7-6-14-10-21-23-16(14)8-15/h2-8,10H,9,11H2,1H3,(H,21,23)(H,22,24)(H2,19,20,25). The second-order valence-electron chi connectivity index (χ2n) is 5.74. The molecule has 2 aromatic carbocycles. The van der Waals surface area contributed by atoms with Crippen LogP contribution < -0.4 is 16.0 Å². The highest BCUT2D eigenvalue weighted by Crippen LogP contribution is 2.16. The molecule has 0 saturated carbocycles. The maximum Gasteiger partial charge on any atom is 0.315 e. The molecule has 1 aromatic heterocycles. The van der Waals surface area contributed by atoms with Gasteiger partial charge in [0.25, 0.3) is 0 Å². The number of hydrogen-bond acceptors (Lipinski definition) is 3. The van der Waals surface area contributed by atoms with Crippen LogP contribution in [0.1, 0.15) is 11.1 Å². The quantitative estimate of drug-likeness (QED) is 0.575. The third-order valence-corrected chi connectivity index (χ3v) is 3.71. The maximum absolute atomic E-state index is 11.9. The van der Waals surface area contributed by atoms with Gasteiger partial charge in [-0.05, 0) is 30.7 Å². The van der Waals surface area contributed by atoms with E-state index < -0.39 is 0 Å². The van der Waals surface area contributed by atoms with Gasteiger partial charge in [-0.15, -0.1) is 0 Å². The lowest BCUT2D eigenvalue weighted by Crippen LogP contribution is -2.39. The number of rotatable bonds is 5. The predicted octanol–water partition coefficient (Wildman–Crippen LogP) is 2.31. The Morgan fingerprint density at radius 3 is 2.68 bits per heavy atom. The normalized spacial score (nSPS) is 10.4. The summed E-state index contributed by atoms with van der Waals surface area (Å²) in [5.41, 5.74) is 3.64. The SMILES string of the molecule is Cc1ccc(CNC(=O)NCC(=O)Nc2ccc3cn[nH]c3c2)cc1. The van der Waals surface area contributed by atoms with Crippen molar-refractivity contribution in [2.45, 2.75) is 13.5 Å². The van der Waals surface area contributed by atoms with Gasteiger partial charge in [-0.25, -0.2) is 4.79 Å².